The maximum Gasteiger partial charge on any atom is 0.403 e. The minimum Gasteiger partial charge on any atom is -0.481 e. The maximum atomic E-state index is 12.3. The largest absolute Gasteiger partial charge is 0.481 e. The molecule has 0 bridgehead atoms. The zero-order valence-corrected chi connectivity index (χ0v) is 10.8. The van der Waals surface area contributed by atoms with E-state index >= 15 is 0 Å². The van der Waals surface area contributed by atoms with Crippen LogP contribution in [0.4, 0.5) is 18.9 Å². The van der Waals surface area contributed by atoms with Crippen molar-refractivity contribution >= 4 is 34.9 Å². The van der Waals surface area contributed by atoms with Crippen molar-refractivity contribution < 1.29 is 23.1 Å². The number of hydrazine groups is 1. The smallest absolute Gasteiger partial charge is 0.403 e. The summed E-state index contributed by atoms with van der Waals surface area (Å²) in [5, 5.41) is 9.03. The summed E-state index contributed by atoms with van der Waals surface area (Å²) in [4.78, 5) is 10.5. The van der Waals surface area contributed by atoms with Crippen LogP contribution in [0.3, 0.4) is 0 Å². The Bertz CT molecular complexity index is 469. The van der Waals surface area contributed by atoms with E-state index in [0.29, 0.717) is 5.02 Å². The summed E-state index contributed by atoms with van der Waals surface area (Å²) in [7, 11) is 0. The molecule has 0 saturated heterocycles. The number of hydrogen-bond donors (Lipinski definition) is 3. The number of carbonyl (C=O) groups is 1. The first kappa shape index (κ1) is 15.9. The van der Waals surface area contributed by atoms with Gasteiger partial charge in [0.05, 0.1) is 10.7 Å². The van der Waals surface area contributed by atoms with Crippen molar-refractivity contribution in [2.45, 2.75) is 6.18 Å². The average molecular weight is 317 g/mol. The van der Waals surface area contributed by atoms with Gasteiger partial charge in [0.25, 0.3) is 0 Å². The molecule has 0 aliphatic heterocycles. The van der Waals surface area contributed by atoms with Crippen molar-refractivity contribution in [3.63, 3.8) is 0 Å². The molecule has 4 nitrogen and oxygen atoms in total. The Hall–Kier alpha value is -1.18. The number of halogens is 5. The van der Waals surface area contributed by atoms with E-state index in [1.165, 1.54) is 18.2 Å². The minimum absolute atomic E-state index is 0.193. The molecule has 0 saturated carbocycles. The average Bonchev–Trinajstić information content (AvgIpc) is 2.24. The van der Waals surface area contributed by atoms with Gasteiger partial charge in [-0.25, -0.2) is 5.43 Å². The fraction of sp³-hybridized carbons (Fsp3) is 0.300. The molecule has 19 heavy (non-hydrogen) atoms. The van der Waals surface area contributed by atoms with Gasteiger partial charge >= 0.3 is 12.1 Å². The molecule has 0 aromatic heterocycles. The van der Waals surface area contributed by atoms with Crippen LogP contribution in [-0.4, -0.2) is 23.8 Å². The van der Waals surface area contributed by atoms with Crippen LogP contribution in [0.15, 0.2) is 18.2 Å². The molecule has 0 amide bonds. The summed E-state index contributed by atoms with van der Waals surface area (Å²) in [6.07, 6.45) is -4.83. The summed E-state index contributed by atoms with van der Waals surface area (Å²) in [6.45, 7) is -0.836. The van der Waals surface area contributed by atoms with Gasteiger partial charge in [-0.3, -0.25) is 4.79 Å². The van der Waals surface area contributed by atoms with Crippen molar-refractivity contribution in [3.05, 3.63) is 28.2 Å². The highest BCUT2D eigenvalue weighted by Crippen LogP contribution is 2.27. The molecule has 1 aromatic rings. The topological polar surface area (TPSA) is 61.4 Å². The van der Waals surface area contributed by atoms with Crippen LogP contribution in [0.2, 0.25) is 10.0 Å². The molecule has 0 aliphatic rings. The monoisotopic (exact) mass is 316 g/mol. The number of hydrogen-bond acceptors (Lipinski definition) is 3. The van der Waals surface area contributed by atoms with Crippen LogP contribution in [0.5, 0.6) is 0 Å². The molecule has 9 heteroatoms. The summed E-state index contributed by atoms with van der Waals surface area (Å²) >= 11 is 11.4. The van der Waals surface area contributed by atoms with Gasteiger partial charge in [0.1, 0.15) is 0 Å². The van der Waals surface area contributed by atoms with Gasteiger partial charge < -0.3 is 10.5 Å². The lowest BCUT2D eigenvalue weighted by atomic mass is 10.1. The lowest BCUT2D eigenvalue weighted by Gasteiger charge is -2.17. The van der Waals surface area contributed by atoms with E-state index in [2.05, 4.69) is 10.9 Å². The Morgan fingerprint density at radius 2 is 2.00 bits per heavy atom. The molecule has 1 rings (SSSR count). The highest BCUT2D eigenvalue weighted by atomic mass is 35.5. The van der Waals surface area contributed by atoms with Crippen LogP contribution in [-0.2, 0) is 4.79 Å². The third-order valence-electron chi connectivity index (χ3n) is 2.15. The van der Waals surface area contributed by atoms with E-state index in [9.17, 15) is 18.0 Å². The molecule has 0 heterocycles. The number of anilines is 1. The maximum absolute atomic E-state index is 12.3. The van der Waals surface area contributed by atoms with E-state index in [1.54, 1.807) is 0 Å². The van der Waals surface area contributed by atoms with Gasteiger partial charge in [-0.15, -0.1) is 0 Å². The van der Waals surface area contributed by atoms with Gasteiger partial charge in [-0.05, 0) is 18.2 Å². The van der Waals surface area contributed by atoms with Crippen LogP contribution < -0.4 is 10.9 Å². The predicted molar refractivity (Wildman–Crippen MR) is 65.3 cm³/mol. The molecule has 1 aromatic carbocycles. The van der Waals surface area contributed by atoms with Gasteiger partial charge in [0.15, 0.2) is 5.92 Å². The molecule has 3 N–H and O–H groups in total. The second-order valence-corrected chi connectivity index (χ2v) is 4.41. The summed E-state index contributed by atoms with van der Waals surface area (Å²) in [6, 6.07) is 4.32. The van der Waals surface area contributed by atoms with Crippen LogP contribution in [0, 0.1) is 5.92 Å². The second-order valence-electron chi connectivity index (χ2n) is 3.56. The number of nitrogens with one attached hydrogen (secondary N) is 2. The first-order valence-corrected chi connectivity index (χ1v) is 5.71. The highest BCUT2D eigenvalue weighted by molar-refractivity contribution is 6.36. The number of carboxylic acid groups (broad SMARTS) is 1. The zero-order chi connectivity index (χ0) is 14.6. The van der Waals surface area contributed by atoms with E-state index < -0.39 is 24.6 Å². The number of rotatable bonds is 5. The third-order valence-corrected chi connectivity index (χ3v) is 2.70. The molecule has 0 spiro atoms. The first-order valence-electron chi connectivity index (χ1n) is 4.95. The lowest BCUT2D eigenvalue weighted by molar-refractivity contribution is -0.192. The van der Waals surface area contributed by atoms with Crippen molar-refractivity contribution in [3.8, 4) is 0 Å². The van der Waals surface area contributed by atoms with Gasteiger partial charge in [-0.2, -0.15) is 13.2 Å². The van der Waals surface area contributed by atoms with E-state index in [1.807, 2.05) is 0 Å². The lowest BCUT2D eigenvalue weighted by Crippen LogP contribution is -2.40. The van der Waals surface area contributed by atoms with E-state index in [0.717, 1.165) is 0 Å². The molecule has 0 fully saturated rings. The molecule has 1 unspecified atom stereocenters. The van der Waals surface area contributed by atoms with Crippen molar-refractivity contribution in [1.82, 2.24) is 5.43 Å². The highest BCUT2D eigenvalue weighted by Gasteiger charge is 2.44. The first-order chi connectivity index (χ1) is 8.71. The van der Waals surface area contributed by atoms with E-state index in [-0.39, 0.29) is 10.7 Å². The minimum atomic E-state index is -4.83. The molecule has 1 atom stereocenters. The van der Waals surface area contributed by atoms with Crippen LogP contribution in [0.1, 0.15) is 0 Å². The van der Waals surface area contributed by atoms with Crippen LogP contribution >= 0.6 is 23.2 Å². The fourth-order valence-electron chi connectivity index (χ4n) is 1.18. The number of alkyl halides is 3. The number of carboxylic acids is 1. The van der Waals surface area contributed by atoms with Gasteiger partial charge in [0, 0.05) is 11.6 Å². The Morgan fingerprint density at radius 1 is 1.37 bits per heavy atom. The predicted octanol–water partition coefficient (Wildman–Crippen LogP) is 3.17. The Kier molecular flexibility index (Phi) is 5.28. The molecule has 0 radical (unpaired) electrons. The Labute approximate surface area is 116 Å². The third kappa shape index (κ3) is 4.77. The summed E-state index contributed by atoms with van der Waals surface area (Å²) in [5.74, 6) is -4.46. The zero-order valence-electron chi connectivity index (χ0n) is 9.26. The van der Waals surface area contributed by atoms with Crippen molar-refractivity contribution in [1.29, 1.82) is 0 Å². The van der Waals surface area contributed by atoms with Crippen LogP contribution in [0.25, 0.3) is 0 Å². The molecular formula is C10H9Cl2F3N2O2. The molecule has 0 aliphatic carbocycles. The standard InChI is InChI=1S/C10H9Cl2F3N2O2/c11-5-1-2-8(7(12)3-5)17-16-4-6(9(18)19)10(13,14)15/h1-3,6,16-17H,4H2,(H,18,19). The van der Waals surface area contributed by atoms with Crippen molar-refractivity contribution in [2.24, 2.45) is 5.92 Å². The summed E-state index contributed by atoms with van der Waals surface area (Å²) in [5.41, 5.74) is 4.85. The number of aliphatic carboxylic acids is 1. The summed E-state index contributed by atoms with van der Waals surface area (Å²) < 4.78 is 37.0. The normalized spacial score (nSPS) is 13.1. The second kappa shape index (κ2) is 6.31. The fourth-order valence-corrected chi connectivity index (χ4v) is 1.64. The van der Waals surface area contributed by atoms with Gasteiger partial charge in [-0.1, -0.05) is 23.2 Å². The van der Waals surface area contributed by atoms with E-state index in [4.69, 9.17) is 28.3 Å². The molecular weight excluding hydrogens is 308 g/mol. The Balaban J connectivity index is 2.60. The SMILES string of the molecule is O=C(O)C(CNNc1ccc(Cl)cc1Cl)C(F)(F)F. The van der Waals surface area contributed by atoms with Crippen molar-refractivity contribution in [2.75, 3.05) is 12.0 Å². The van der Waals surface area contributed by atoms with Gasteiger partial charge in [0.2, 0.25) is 0 Å². The Morgan fingerprint density at radius 3 is 2.47 bits per heavy atom. The quantitative estimate of drug-likeness (QED) is 0.730. The molecule has 106 valence electrons. The number of benzene rings is 1.